The van der Waals surface area contributed by atoms with Crippen LogP contribution in [-0.4, -0.2) is 56.8 Å². The van der Waals surface area contributed by atoms with Crippen molar-refractivity contribution in [1.29, 1.82) is 0 Å². The van der Waals surface area contributed by atoms with Crippen molar-refractivity contribution in [3.05, 3.63) is 56.5 Å². The van der Waals surface area contributed by atoms with Crippen molar-refractivity contribution in [2.45, 2.75) is 29.9 Å². The Balaban J connectivity index is 1.45. The number of likely N-dealkylation sites (tertiary alicyclic amines) is 1. The Hall–Kier alpha value is -0.770. The fourth-order valence-electron chi connectivity index (χ4n) is 3.33. The predicted octanol–water partition coefficient (Wildman–Crippen LogP) is 4.48. The first kappa shape index (κ1) is 24.9. The lowest BCUT2D eigenvalue weighted by Gasteiger charge is -2.33. The van der Waals surface area contributed by atoms with Crippen molar-refractivity contribution in [2.75, 3.05) is 26.2 Å². The molecule has 1 aliphatic heterocycles. The third-order valence-corrected chi connectivity index (χ3v) is 8.01. The van der Waals surface area contributed by atoms with Gasteiger partial charge in [-0.2, -0.15) is 0 Å². The number of aliphatic hydroxyl groups is 1. The molecule has 2 aromatic carbocycles. The Morgan fingerprint density at radius 1 is 1.03 bits per heavy atom. The zero-order valence-electron chi connectivity index (χ0n) is 16.4. The van der Waals surface area contributed by atoms with Crippen LogP contribution in [0.1, 0.15) is 12.8 Å². The summed E-state index contributed by atoms with van der Waals surface area (Å²) in [5, 5.41) is 11.3. The Labute approximate surface area is 202 Å². The Kier molecular flexibility index (Phi) is 8.74. The average molecular weight is 528 g/mol. The average Bonchev–Trinajstić information content (AvgIpc) is 2.70. The first-order valence-corrected chi connectivity index (χ1v) is 12.6. The van der Waals surface area contributed by atoms with Crippen LogP contribution in [0.15, 0.2) is 41.3 Å². The van der Waals surface area contributed by atoms with Gasteiger partial charge in [-0.05, 0) is 37.1 Å². The van der Waals surface area contributed by atoms with E-state index < -0.39 is 16.1 Å². The molecule has 6 nitrogen and oxygen atoms in total. The molecule has 0 aliphatic carbocycles. The number of piperidine rings is 1. The molecule has 2 aromatic rings. The lowest BCUT2D eigenvalue weighted by Crippen LogP contribution is -2.45. The molecule has 1 fully saturated rings. The number of nitrogens with one attached hydrogen (secondary N) is 1. The van der Waals surface area contributed by atoms with Gasteiger partial charge < -0.3 is 14.7 Å². The summed E-state index contributed by atoms with van der Waals surface area (Å²) in [7, 11) is -3.94. The predicted molar refractivity (Wildman–Crippen MR) is 124 cm³/mol. The molecular weight excluding hydrogens is 506 g/mol. The van der Waals surface area contributed by atoms with Gasteiger partial charge in [0.1, 0.15) is 16.7 Å². The van der Waals surface area contributed by atoms with Crippen LogP contribution in [0.5, 0.6) is 5.75 Å². The second-order valence-electron chi connectivity index (χ2n) is 7.25. The van der Waals surface area contributed by atoms with Crippen molar-refractivity contribution >= 4 is 56.4 Å². The molecule has 11 heteroatoms. The summed E-state index contributed by atoms with van der Waals surface area (Å²) in [4.78, 5) is 1.88. The third-order valence-electron chi connectivity index (χ3n) is 4.89. The van der Waals surface area contributed by atoms with Gasteiger partial charge >= 0.3 is 0 Å². The Morgan fingerprint density at radius 3 is 2.29 bits per heavy atom. The number of benzene rings is 2. The highest BCUT2D eigenvalue weighted by Gasteiger charge is 2.25. The molecule has 0 aromatic heterocycles. The van der Waals surface area contributed by atoms with Crippen LogP contribution >= 0.6 is 46.4 Å². The van der Waals surface area contributed by atoms with E-state index in [2.05, 4.69) is 9.62 Å². The lowest BCUT2D eigenvalue weighted by atomic mass is 10.1. The highest BCUT2D eigenvalue weighted by molar-refractivity contribution is 7.89. The number of β-amino-alcohol motifs (C(OH)–C–C–N with tert-alkyl or cyclic N) is 1. The SMILES string of the molecule is O=S(=O)(NCC(O)CN1CCC(Oc2ccc(Cl)c(Cl)c2)CC1)c1c(Cl)cccc1Cl. The monoisotopic (exact) mass is 526 g/mol. The van der Waals surface area contributed by atoms with E-state index in [4.69, 9.17) is 51.1 Å². The molecule has 3 rings (SSSR count). The standard InChI is InChI=1S/C20H22Cl4N2O4S/c21-16-5-4-15(10-19(16)24)30-14-6-8-26(9-7-14)12-13(27)11-25-31(28,29)20-17(22)2-1-3-18(20)23/h1-5,10,13-14,25,27H,6-9,11-12H2. The molecule has 0 bridgehead atoms. The largest absolute Gasteiger partial charge is 0.490 e. The number of hydrogen-bond acceptors (Lipinski definition) is 5. The van der Waals surface area contributed by atoms with Gasteiger partial charge in [0.05, 0.1) is 26.2 Å². The van der Waals surface area contributed by atoms with Crippen LogP contribution in [0.2, 0.25) is 20.1 Å². The summed E-state index contributed by atoms with van der Waals surface area (Å²) < 4.78 is 33.3. The molecular formula is C20H22Cl4N2O4S. The van der Waals surface area contributed by atoms with Crippen LogP contribution in [0.25, 0.3) is 0 Å². The van der Waals surface area contributed by atoms with E-state index in [-0.39, 0.29) is 27.6 Å². The van der Waals surface area contributed by atoms with Gasteiger partial charge in [0, 0.05) is 32.2 Å². The molecule has 1 unspecified atom stereocenters. The molecule has 0 saturated carbocycles. The summed E-state index contributed by atoms with van der Waals surface area (Å²) in [6, 6.07) is 9.62. The van der Waals surface area contributed by atoms with Crippen molar-refractivity contribution in [2.24, 2.45) is 0 Å². The van der Waals surface area contributed by atoms with E-state index in [1.807, 2.05) is 0 Å². The third kappa shape index (κ3) is 6.85. The number of sulfonamides is 1. The van der Waals surface area contributed by atoms with Crippen LogP contribution < -0.4 is 9.46 Å². The number of rotatable bonds is 8. The summed E-state index contributed by atoms with van der Waals surface area (Å²) in [6.07, 6.45) is 0.692. The van der Waals surface area contributed by atoms with Gasteiger partial charge in [0.15, 0.2) is 0 Å². The molecule has 0 spiro atoms. The van der Waals surface area contributed by atoms with Crippen molar-refractivity contribution in [3.63, 3.8) is 0 Å². The quantitative estimate of drug-likeness (QED) is 0.529. The number of nitrogens with zero attached hydrogens (tertiary/aromatic N) is 1. The minimum Gasteiger partial charge on any atom is -0.490 e. The van der Waals surface area contributed by atoms with E-state index >= 15 is 0 Å². The minimum atomic E-state index is -3.94. The van der Waals surface area contributed by atoms with Gasteiger partial charge in [0.2, 0.25) is 10.0 Å². The van der Waals surface area contributed by atoms with Crippen LogP contribution in [0.4, 0.5) is 0 Å². The maximum atomic E-state index is 12.5. The summed E-state index contributed by atoms with van der Waals surface area (Å²) in [5.74, 6) is 0.667. The number of aliphatic hydroxyl groups excluding tert-OH is 1. The molecule has 31 heavy (non-hydrogen) atoms. The van der Waals surface area contributed by atoms with Crippen molar-refractivity contribution < 1.29 is 18.3 Å². The molecule has 0 radical (unpaired) electrons. The van der Waals surface area contributed by atoms with Gasteiger partial charge in [-0.1, -0.05) is 52.5 Å². The van der Waals surface area contributed by atoms with Gasteiger partial charge in [-0.15, -0.1) is 0 Å². The Morgan fingerprint density at radius 2 is 1.68 bits per heavy atom. The molecule has 1 aliphatic rings. The lowest BCUT2D eigenvalue weighted by molar-refractivity contribution is 0.0630. The van der Waals surface area contributed by atoms with Crippen LogP contribution in [0.3, 0.4) is 0 Å². The van der Waals surface area contributed by atoms with Gasteiger partial charge in [-0.25, -0.2) is 13.1 Å². The maximum absolute atomic E-state index is 12.5. The maximum Gasteiger partial charge on any atom is 0.243 e. The smallest absolute Gasteiger partial charge is 0.243 e. The van der Waals surface area contributed by atoms with Crippen molar-refractivity contribution in [3.8, 4) is 5.75 Å². The van der Waals surface area contributed by atoms with E-state index in [0.29, 0.717) is 35.4 Å². The van der Waals surface area contributed by atoms with Crippen molar-refractivity contribution in [1.82, 2.24) is 9.62 Å². The molecule has 1 saturated heterocycles. The molecule has 1 atom stereocenters. The summed E-state index contributed by atoms with van der Waals surface area (Å²) in [6.45, 7) is 1.61. The van der Waals surface area contributed by atoms with Crippen LogP contribution in [0, 0.1) is 0 Å². The zero-order chi connectivity index (χ0) is 22.6. The first-order chi connectivity index (χ1) is 14.7. The number of ether oxygens (including phenoxy) is 1. The Bertz CT molecular complexity index is 994. The molecule has 2 N–H and O–H groups in total. The number of halogens is 4. The van der Waals surface area contributed by atoms with Gasteiger partial charge in [-0.3, -0.25) is 0 Å². The summed E-state index contributed by atoms with van der Waals surface area (Å²) >= 11 is 23.9. The fourth-order valence-corrected chi connectivity index (χ4v) is 5.83. The van der Waals surface area contributed by atoms with E-state index in [1.165, 1.54) is 12.1 Å². The minimum absolute atomic E-state index is 0.0264. The van der Waals surface area contributed by atoms with Crippen LogP contribution in [-0.2, 0) is 10.0 Å². The topological polar surface area (TPSA) is 78.9 Å². The zero-order valence-corrected chi connectivity index (χ0v) is 20.2. The van der Waals surface area contributed by atoms with E-state index in [1.54, 1.807) is 24.3 Å². The van der Waals surface area contributed by atoms with E-state index in [9.17, 15) is 13.5 Å². The second kappa shape index (κ2) is 10.9. The highest BCUT2D eigenvalue weighted by Crippen LogP contribution is 2.29. The van der Waals surface area contributed by atoms with Gasteiger partial charge in [0.25, 0.3) is 0 Å². The first-order valence-electron chi connectivity index (χ1n) is 9.61. The second-order valence-corrected chi connectivity index (χ2v) is 10.6. The van der Waals surface area contributed by atoms with E-state index in [0.717, 1.165) is 12.8 Å². The molecule has 170 valence electrons. The molecule has 0 amide bonds. The normalized spacial score (nSPS) is 16.9. The fraction of sp³-hybridized carbons (Fsp3) is 0.400. The summed E-state index contributed by atoms with van der Waals surface area (Å²) in [5.41, 5.74) is 0. The number of hydrogen-bond donors (Lipinski definition) is 2. The highest BCUT2D eigenvalue weighted by atomic mass is 35.5. The molecule has 1 heterocycles.